The number of carbonyl (C=O) groups excluding carboxylic acids is 5. The average molecular weight is 454 g/mol. The molecule has 170 valence electrons. The Morgan fingerprint density at radius 1 is 0.912 bits per heavy atom. The van der Waals surface area contributed by atoms with Gasteiger partial charge in [-0.25, -0.2) is 0 Å². The van der Waals surface area contributed by atoms with Crippen LogP contribution < -0.4 is 10.2 Å². The minimum Gasteiger partial charge on any atom is -0.355 e. The van der Waals surface area contributed by atoms with Gasteiger partial charge in [-0.2, -0.15) is 0 Å². The number of amides is 2. The lowest BCUT2D eigenvalue weighted by Gasteiger charge is -2.25. The fraction of sp³-hybridized carbons (Fsp3) is 0.222. The van der Waals surface area contributed by atoms with E-state index in [1.165, 1.54) is 12.2 Å². The molecule has 1 N–H and O–H groups in total. The van der Waals surface area contributed by atoms with Crippen LogP contribution in [0.25, 0.3) is 0 Å². The summed E-state index contributed by atoms with van der Waals surface area (Å²) >= 11 is 0. The third-order valence-corrected chi connectivity index (χ3v) is 5.74. The summed E-state index contributed by atoms with van der Waals surface area (Å²) in [5.41, 5.74) is 3.04. The molecule has 0 bridgehead atoms. The number of hydrogen-bond donors (Lipinski definition) is 1. The van der Waals surface area contributed by atoms with Gasteiger partial charge in [-0.3, -0.25) is 24.0 Å². The van der Waals surface area contributed by atoms with E-state index in [4.69, 9.17) is 0 Å². The molecule has 2 aromatic carbocycles. The molecule has 34 heavy (non-hydrogen) atoms. The molecule has 2 amide bonds. The summed E-state index contributed by atoms with van der Waals surface area (Å²) in [6.07, 6.45) is 1.78. The number of fused-ring (bicyclic) bond motifs is 2. The van der Waals surface area contributed by atoms with E-state index < -0.39 is 11.8 Å². The van der Waals surface area contributed by atoms with Crippen LogP contribution >= 0.6 is 0 Å². The molecule has 0 atom stereocenters. The number of para-hydroxylation sites is 1. The van der Waals surface area contributed by atoms with Crippen molar-refractivity contribution < 1.29 is 24.0 Å². The first-order valence-electron chi connectivity index (χ1n) is 11.0. The van der Waals surface area contributed by atoms with Crippen LogP contribution in [-0.4, -0.2) is 35.7 Å². The molecule has 1 aliphatic heterocycles. The minimum atomic E-state index is -0.942. The van der Waals surface area contributed by atoms with Crippen LogP contribution in [-0.2, 0) is 30.5 Å². The highest BCUT2D eigenvalue weighted by molar-refractivity contribution is 6.20. The van der Waals surface area contributed by atoms with E-state index in [9.17, 15) is 24.0 Å². The molecule has 0 saturated carbocycles. The molecule has 0 fully saturated rings. The second-order valence-corrected chi connectivity index (χ2v) is 8.11. The average Bonchev–Trinajstić information content (AvgIpc) is 3.12. The number of rotatable bonds is 7. The van der Waals surface area contributed by atoms with Crippen molar-refractivity contribution in [3.8, 4) is 11.8 Å². The van der Waals surface area contributed by atoms with Gasteiger partial charge in [-0.05, 0) is 35.9 Å². The molecule has 0 saturated heterocycles. The fourth-order valence-corrected chi connectivity index (χ4v) is 3.91. The highest BCUT2D eigenvalue weighted by Crippen LogP contribution is 2.26. The van der Waals surface area contributed by atoms with Gasteiger partial charge in [0.2, 0.25) is 11.8 Å². The van der Waals surface area contributed by atoms with Gasteiger partial charge in [-0.15, -0.1) is 0 Å². The quantitative estimate of drug-likeness (QED) is 0.510. The van der Waals surface area contributed by atoms with Gasteiger partial charge in [0.05, 0.1) is 18.2 Å². The molecular formula is C27H22N2O5. The molecule has 2 aliphatic rings. The van der Waals surface area contributed by atoms with Gasteiger partial charge >= 0.3 is 0 Å². The van der Waals surface area contributed by atoms with E-state index >= 15 is 0 Å². The van der Waals surface area contributed by atoms with E-state index in [1.807, 2.05) is 42.5 Å². The van der Waals surface area contributed by atoms with Crippen LogP contribution in [0.4, 0.5) is 5.69 Å². The van der Waals surface area contributed by atoms with Crippen molar-refractivity contribution in [1.29, 1.82) is 0 Å². The maximum absolute atomic E-state index is 13.1. The largest absolute Gasteiger partial charge is 0.355 e. The van der Waals surface area contributed by atoms with Gasteiger partial charge in [-0.1, -0.05) is 42.2 Å². The summed E-state index contributed by atoms with van der Waals surface area (Å²) in [7, 11) is 0. The Morgan fingerprint density at radius 3 is 2.32 bits per heavy atom. The minimum absolute atomic E-state index is 0.0213. The SMILES string of the molecule is O=C(CCNC(=O)CC(=O)N1Cc2ccccc2C#Cc2ccccc21)CC1C(=O)C=CC1=O. The molecule has 0 spiro atoms. The molecule has 7 nitrogen and oxygen atoms in total. The zero-order valence-electron chi connectivity index (χ0n) is 18.4. The number of carbonyl (C=O) groups is 5. The number of ketones is 3. The maximum Gasteiger partial charge on any atom is 0.236 e. The number of nitrogens with zero attached hydrogens (tertiary/aromatic N) is 1. The first-order valence-corrected chi connectivity index (χ1v) is 11.0. The Labute approximate surface area is 196 Å². The van der Waals surface area contributed by atoms with E-state index in [2.05, 4.69) is 17.2 Å². The van der Waals surface area contributed by atoms with Crippen molar-refractivity contribution in [3.05, 3.63) is 77.4 Å². The van der Waals surface area contributed by atoms with E-state index in [-0.39, 0.29) is 55.6 Å². The molecule has 1 heterocycles. The summed E-state index contributed by atoms with van der Waals surface area (Å²) in [6.45, 7) is 0.308. The Kier molecular flexibility index (Phi) is 6.79. The van der Waals surface area contributed by atoms with Crippen molar-refractivity contribution in [2.75, 3.05) is 11.4 Å². The van der Waals surface area contributed by atoms with Gasteiger partial charge in [0.1, 0.15) is 12.2 Å². The third-order valence-electron chi connectivity index (χ3n) is 5.74. The van der Waals surface area contributed by atoms with E-state index in [1.54, 1.807) is 11.0 Å². The monoisotopic (exact) mass is 454 g/mol. The van der Waals surface area contributed by atoms with Crippen LogP contribution in [0.1, 0.15) is 36.0 Å². The fourth-order valence-electron chi connectivity index (χ4n) is 3.91. The van der Waals surface area contributed by atoms with Crippen LogP contribution in [0, 0.1) is 17.8 Å². The highest BCUT2D eigenvalue weighted by Gasteiger charge is 2.30. The third kappa shape index (κ3) is 5.18. The second-order valence-electron chi connectivity index (χ2n) is 8.11. The van der Waals surface area contributed by atoms with Crippen LogP contribution in [0.3, 0.4) is 0 Å². The van der Waals surface area contributed by atoms with E-state index in [0.29, 0.717) is 11.3 Å². The van der Waals surface area contributed by atoms with Crippen LogP contribution in [0.2, 0.25) is 0 Å². The van der Waals surface area contributed by atoms with Crippen molar-refractivity contribution in [1.82, 2.24) is 5.32 Å². The standard InChI is InChI=1S/C27H22N2O5/c30-21(15-22-24(31)11-12-25(22)32)13-14-28-26(33)16-27(34)29-17-20-7-2-1-5-18(20)9-10-19-6-3-4-8-23(19)29/h1-8,11-12,22H,13-17H2,(H,28,33). The number of anilines is 1. The number of Topliss-reactive ketones (excluding diaryl/α,β-unsaturated/α-hetero) is 1. The Bertz CT molecular complexity index is 1260. The second kappa shape index (κ2) is 10.1. The smallest absolute Gasteiger partial charge is 0.236 e. The van der Waals surface area contributed by atoms with Crippen LogP contribution in [0.5, 0.6) is 0 Å². The molecular weight excluding hydrogens is 432 g/mol. The van der Waals surface area contributed by atoms with Gasteiger partial charge in [0.15, 0.2) is 11.6 Å². The Hall–Kier alpha value is -4.31. The predicted molar refractivity (Wildman–Crippen MR) is 125 cm³/mol. The molecule has 2 aromatic rings. The van der Waals surface area contributed by atoms with Crippen molar-refractivity contribution in [3.63, 3.8) is 0 Å². The first-order chi connectivity index (χ1) is 16.4. The van der Waals surface area contributed by atoms with Crippen molar-refractivity contribution in [2.24, 2.45) is 5.92 Å². The molecule has 0 aromatic heterocycles. The van der Waals surface area contributed by atoms with Gasteiger partial charge < -0.3 is 10.2 Å². The van der Waals surface area contributed by atoms with Crippen LogP contribution in [0.15, 0.2) is 60.7 Å². The lowest BCUT2D eigenvalue weighted by Crippen LogP contribution is -2.37. The summed E-state index contributed by atoms with van der Waals surface area (Å²) in [5.74, 6) is 3.39. The number of benzene rings is 2. The van der Waals surface area contributed by atoms with Crippen molar-refractivity contribution >= 4 is 34.9 Å². The lowest BCUT2D eigenvalue weighted by atomic mass is 9.97. The topological polar surface area (TPSA) is 101 Å². The molecule has 4 rings (SSSR count). The summed E-state index contributed by atoms with van der Waals surface area (Å²) in [4.78, 5) is 62.4. The zero-order valence-corrected chi connectivity index (χ0v) is 18.4. The molecule has 1 aliphatic carbocycles. The lowest BCUT2D eigenvalue weighted by molar-refractivity contribution is -0.131. The number of allylic oxidation sites excluding steroid dienone is 2. The normalized spacial score (nSPS) is 14.4. The maximum atomic E-state index is 13.1. The zero-order chi connectivity index (χ0) is 24.1. The summed E-state index contributed by atoms with van der Waals surface area (Å²) in [5, 5.41) is 2.58. The van der Waals surface area contributed by atoms with Gasteiger partial charge in [0.25, 0.3) is 0 Å². The van der Waals surface area contributed by atoms with Gasteiger partial charge in [0, 0.05) is 30.5 Å². The highest BCUT2D eigenvalue weighted by atomic mass is 16.2. The predicted octanol–water partition coefficient (Wildman–Crippen LogP) is 2.11. The summed E-state index contributed by atoms with van der Waals surface area (Å²) in [6, 6.07) is 14.8. The van der Waals surface area contributed by atoms with E-state index in [0.717, 1.165) is 11.1 Å². The molecule has 0 radical (unpaired) electrons. The molecule has 0 unspecified atom stereocenters. The Balaban J connectivity index is 1.36. The number of hydrogen-bond acceptors (Lipinski definition) is 5. The molecule has 7 heteroatoms. The first kappa shape index (κ1) is 22.9. The Morgan fingerprint density at radius 2 is 1.56 bits per heavy atom. The summed E-state index contributed by atoms with van der Waals surface area (Å²) < 4.78 is 0. The van der Waals surface area contributed by atoms with Crippen molar-refractivity contribution in [2.45, 2.75) is 25.8 Å². The number of nitrogens with one attached hydrogen (secondary N) is 1.